The third kappa shape index (κ3) is 9.97. The Hall–Kier alpha value is -3.23. The van der Waals surface area contributed by atoms with Gasteiger partial charge in [0.05, 0.1) is 23.9 Å². The highest BCUT2D eigenvalue weighted by molar-refractivity contribution is 7.89. The standard InChI is InChI=1S/C25H37N5O4S.C2HF3O/c1-18-15-22(34-6)16-19(2)25(18)35(32,33)29(5)12-11-24(31)27-23-8-7-21(17-26-23)30-13-9-20(10-14-30)28(3)4;3-2(4,5)1-6/h7-8,15-17,20H,9-14H2,1-6H3,(H,26,27,31);1H. The summed E-state index contributed by atoms with van der Waals surface area (Å²) in [5.74, 6) is 0.772. The maximum Gasteiger partial charge on any atom is 0.446 e. The lowest BCUT2D eigenvalue weighted by atomic mass is 10.0. The van der Waals surface area contributed by atoms with Crippen molar-refractivity contribution in [3.63, 3.8) is 0 Å². The molecule has 0 aliphatic carbocycles. The highest BCUT2D eigenvalue weighted by Gasteiger charge is 2.26. The normalized spacial score (nSPS) is 14.5. The van der Waals surface area contributed by atoms with Gasteiger partial charge in [-0.2, -0.15) is 13.2 Å². The largest absolute Gasteiger partial charge is 0.497 e. The minimum Gasteiger partial charge on any atom is -0.497 e. The van der Waals surface area contributed by atoms with Gasteiger partial charge in [0.1, 0.15) is 11.6 Å². The van der Waals surface area contributed by atoms with Crippen LogP contribution in [0.15, 0.2) is 35.4 Å². The lowest BCUT2D eigenvalue weighted by molar-refractivity contribution is -0.156. The van der Waals surface area contributed by atoms with Crippen LogP contribution >= 0.6 is 0 Å². The van der Waals surface area contributed by atoms with E-state index in [4.69, 9.17) is 9.53 Å². The van der Waals surface area contributed by atoms with Gasteiger partial charge in [-0.3, -0.25) is 9.59 Å². The molecule has 1 aromatic carbocycles. The van der Waals surface area contributed by atoms with E-state index in [1.807, 2.05) is 6.07 Å². The Morgan fingerprint density at radius 3 is 2.15 bits per heavy atom. The quantitative estimate of drug-likeness (QED) is 0.434. The SMILES string of the molecule is COc1cc(C)c(S(=O)(=O)N(C)CCC(=O)Nc2ccc(N3CCC(N(C)C)CC3)cn2)c(C)c1.O=CC(F)(F)F. The fourth-order valence-electron chi connectivity index (χ4n) is 4.46. The molecule has 228 valence electrons. The molecule has 0 unspecified atom stereocenters. The molecular weight excluding hydrogens is 563 g/mol. The summed E-state index contributed by atoms with van der Waals surface area (Å²) in [6.07, 6.45) is -1.69. The number of rotatable bonds is 9. The van der Waals surface area contributed by atoms with Crippen LogP contribution in [0.1, 0.15) is 30.4 Å². The Bertz CT molecular complexity index is 1260. The van der Waals surface area contributed by atoms with Gasteiger partial charge in [-0.25, -0.2) is 17.7 Å². The number of pyridine rings is 1. The first-order chi connectivity index (χ1) is 19.1. The van der Waals surface area contributed by atoms with Crippen LogP contribution in [0, 0.1) is 13.8 Å². The first-order valence-electron chi connectivity index (χ1n) is 12.9. The molecule has 41 heavy (non-hydrogen) atoms. The van der Waals surface area contributed by atoms with Crippen LogP contribution in [0.4, 0.5) is 24.7 Å². The van der Waals surface area contributed by atoms with Crippen molar-refractivity contribution in [1.82, 2.24) is 14.2 Å². The molecule has 0 radical (unpaired) electrons. The number of aldehydes is 1. The van der Waals surface area contributed by atoms with Crippen LogP contribution in [0.5, 0.6) is 5.75 Å². The number of amides is 1. The van der Waals surface area contributed by atoms with Crippen molar-refractivity contribution in [3.8, 4) is 5.75 Å². The van der Waals surface area contributed by atoms with Gasteiger partial charge < -0.3 is 19.9 Å². The molecule has 3 rings (SSSR count). The number of hydrogen-bond donors (Lipinski definition) is 1. The number of halogens is 3. The van der Waals surface area contributed by atoms with E-state index < -0.39 is 22.5 Å². The van der Waals surface area contributed by atoms with E-state index in [1.54, 1.807) is 45.4 Å². The van der Waals surface area contributed by atoms with Crippen molar-refractivity contribution in [2.24, 2.45) is 0 Å². The van der Waals surface area contributed by atoms with Gasteiger partial charge in [0.25, 0.3) is 0 Å². The first kappa shape index (κ1) is 34.0. The molecule has 0 saturated carbocycles. The van der Waals surface area contributed by atoms with Gasteiger partial charge >= 0.3 is 6.18 Å². The zero-order valence-corrected chi connectivity index (χ0v) is 25.0. The zero-order chi connectivity index (χ0) is 31.0. The number of methoxy groups -OCH3 is 1. The number of aryl methyl sites for hydroxylation is 2. The average molecular weight is 602 g/mol. The third-order valence-electron chi connectivity index (χ3n) is 6.70. The predicted molar refractivity (Wildman–Crippen MR) is 151 cm³/mol. The number of carbonyl (C=O) groups excluding carboxylic acids is 2. The summed E-state index contributed by atoms with van der Waals surface area (Å²) < 4.78 is 63.9. The number of alkyl halides is 3. The minimum atomic E-state index is -4.64. The Kier molecular flexibility index (Phi) is 12.1. The Labute approximate surface area is 239 Å². The van der Waals surface area contributed by atoms with Crippen molar-refractivity contribution < 1.29 is 35.9 Å². The molecule has 1 aromatic heterocycles. The van der Waals surface area contributed by atoms with Crippen LogP contribution in [0.2, 0.25) is 0 Å². The summed E-state index contributed by atoms with van der Waals surface area (Å²) >= 11 is 0. The van der Waals surface area contributed by atoms with Gasteiger partial charge in [0, 0.05) is 39.1 Å². The second kappa shape index (κ2) is 14.6. The monoisotopic (exact) mass is 601 g/mol. The molecule has 1 aliphatic heterocycles. The number of piperidine rings is 1. The van der Waals surface area contributed by atoms with Crippen LogP contribution < -0.4 is 15.0 Å². The van der Waals surface area contributed by atoms with Crippen LogP contribution in [0.25, 0.3) is 0 Å². The molecule has 2 heterocycles. The maximum atomic E-state index is 13.1. The van der Waals surface area contributed by atoms with Gasteiger partial charge in [-0.15, -0.1) is 0 Å². The molecule has 0 atom stereocenters. The van der Waals surface area contributed by atoms with E-state index in [1.165, 1.54) is 11.4 Å². The minimum absolute atomic E-state index is 0.0193. The van der Waals surface area contributed by atoms with Crippen molar-refractivity contribution in [2.45, 2.75) is 50.2 Å². The molecule has 0 bridgehead atoms. The fourth-order valence-corrected chi connectivity index (χ4v) is 6.04. The number of nitrogens with one attached hydrogen (secondary N) is 1. The Morgan fingerprint density at radius 2 is 1.71 bits per heavy atom. The van der Waals surface area contributed by atoms with Gasteiger partial charge in [0.2, 0.25) is 22.2 Å². The molecule has 0 spiro atoms. The van der Waals surface area contributed by atoms with Gasteiger partial charge in [0.15, 0.2) is 0 Å². The van der Waals surface area contributed by atoms with E-state index in [0.29, 0.717) is 28.7 Å². The summed E-state index contributed by atoms with van der Waals surface area (Å²) in [7, 11) is 3.52. The number of sulfonamides is 1. The van der Waals surface area contributed by atoms with Crippen molar-refractivity contribution in [3.05, 3.63) is 41.6 Å². The maximum absolute atomic E-state index is 13.1. The summed E-state index contributed by atoms with van der Waals surface area (Å²) in [4.78, 5) is 30.4. The lowest BCUT2D eigenvalue weighted by Crippen LogP contribution is -2.42. The summed E-state index contributed by atoms with van der Waals surface area (Å²) in [6, 6.07) is 7.75. The van der Waals surface area contributed by atoms with Crippen LogP contribution in [0.3, 0.4) is 0 Å². The number of hydrogen-bond acceptors (Lipinski definition) is 8. The molecule has 2 aromatic rings. The molecule has 1 aliphatic rings. The first-order valence-corrected chi connectivity index (χ1v) is 14.3. The summed E-state index contributed by atoms with van der Waals surface area (Å²) in [6.45, 7) is 5.48. The van der Waals surface area contributed by atoms with Crippen LogP contribution in [-0.2, 0) is 19.6 Å². The average Bonchev–Trinajstić information content (AvgIpc) is 2.91. The van der Waals surface area contributed by atoms with E-state index in [-0.39, 0.29) is 23.8 Å². The molecular formula is C27H38F3N5O5S. The van der Waals surface area contributed by atoms with Crippen molar-refractivity contribution >= 4 is 33.7 Å². The Balaban J connectivity index is 0.000000883. The Morgan fingerprint density at radius 1 is 1.15 bits per heavy atom. The van der Waals surface area contributed by atoms with Crippen molar-refractivity contribution in [1.29, 1.82) is 0 Å². The number of carbonyl (C=O) groups is 2. The second-order valence-electron chi connectivity index (χ2n) is 9.96. The molecule has 1 N–H and O–H groups in total. The smallest absolute Gasteiger partial charge is 0.446 e. The number of benzene rings is 1. The number of aromatic nitrogens is 1. The van der Waals surface area contributed by atoms with E-state index in [0.717, 1.165) is 31.6 Å². The molecule has 1 saturated heterocycles. The molecule has 10 nitrogen and oxygen atoms in total. The molecule has 1 fully saturated rings. The topological polar surface area (TPSA) is 112 Å². The summed E-state index contributed by atoms with van der Waals surface area (Å²) in [5, 5.41) is 2.77. The molecule has 1 amide bonds. The number of nitrogens with zero attached hydrogens (tertiary/aromatic N) is 4. The van der Waals surface area contributed by atoms with E-state index >= 15 is 0 Å². The number of anilines is 2. The third-order valence-corrected chi connectivity index (χ3v) is 8.86. The highest BCUT2D eigenvalue weighted by atomic mass is 32.2. The summed E-state index contributed by atoms with van der Waals surface area (Å²) in [5.41, 5.74) is 2.25. The van der Waals surface area contributed by atoms with Crippen LogP contribution in [-0.4, -0.2) is 94.9 Å². The second-order valence-corrected chi connectivity index (χ2v) is 11.9. The molecule has 14 heteroatoms. The zero-order valence-electron chi connectivity index (χ0n) is 24.2. The van der Waals surface area contributed by atoms with E-state index in [2.05, 4.69) is 34.2 Å². The van der Waals surface area contributed by atoms with E-state index in [9.17, 15) is 26.4 Å². The lowest BCUT2D eigenvalue weighted by Gasteiger charge is -2.36. The predicted octanol–water partition coefficient (Wildman–Crippen LogP) is 3.63. The van der Waals surface area contributed by atoms with Gasteiger partial charge in [-0.1, -0.05) is 0 Å². The van der Waals surface area contributed by atoms with Crippen molar-refractivity contribution in [2.75, 3.05) is 58.1 Å². The van der Waals surface area contributed by atoms with Gasteiger partial charge in [-0.05, 0) is 76.2 Å². The highest BCUT2D eigenvalue weighted by Crippen LogP contribution is 2.28. The number of ether oxygens (including phenoxy) is 1. The fraction of sp³-hybridized carbons (Fsp3) is 0.519.